The van der Waals surface area contributed by atoms with Crippen molar-refractivity contribution in [1.82, 2.24) is 0 Å². The number of carbonyl (C=O) groups is 3. The Hall–Kier alpha value is -3.56. The number of carboxylic acids is 1. The number of aliphatic carboxylic acids is 1. The Morgan fingerprint density at radius 1 is 0.875 bits per heavy atom. The molecule has 0 aliphatic heterocycles. The van der Waals surface area contributed by atoms with Crippen molar-refractivity contribution < 1.29 is 46.2 Å². The van der Waals surface area contributed by atoms with Gasteiger partial charge in [-0.3, -0.25) is 9.59 Å². The molecule has 0 unspecified atom stereocenters. The third kappa shape index (κ3) is 5.37. The second-order valence-electron chi connectivity index (χ2n) is 7.61. The molecule has 0 saturated carbocycles. The molecule has 0 aliphatic rings. The zero-order valence-electron chi connectivity index (χ0n) is 17.0. The molecule has 0 aromatic heterocycles. The molecule has 0 heterocycles. The van der Waals surface area contributed by atoms with Crippen LogP contribution in [0.2, 0.25) is 0 Å². The van der Waals surface area contributed by atoms with E-state index in [2.05, 4.69) is 0 Å². The highest BCUT2D eigenvalue weighted by Crippen LogP contribution is 2.33. The van der Waals surface area contributed by atoms with Crippen molar-refractivity contribution in [1.29, 1.82) is 0 Å². The molecule has 170 valence electrons. The van der Waals surface area contributed by atoms with Crippen LogP contribution in [0, 0.1) is 29.1 Å². The fraction of sp³-hybridized carbons (Fsp3) is 0.227. The molecule has 1 N–H and O–H groups in total. The van der Waals surface area contributed by atoms with Gasteiger partial charge in [0.1, 0.15) is 5.60 Å². The van der Waals surface area contributed by atoms with E-state index in [1.165, 1.54) is 39.0 Å². The summed E-state index contributed by atoms with van der Waals surface area (Å²) in [6.07, 6.45) is 2.00. The van der Waals surface area contributed by atoms with Crippen molar-refractivity contribution >= 4 is 23.8 Å². The highest BCUT2D eigenvalue weighted by atomic mass is 19.2. The van der Waals surface area contributed by atoms with Crippen LogP contribution in [0.15, 0.2) is 30.3 Å². The minimum absolute atomic E-state index is 0.308. The van der Waals surface area contributed by atoms with Gasteiger partial charge >= 0.3 is 11.9 Å². The zero-order valence-corrected chi connectivity index (χ0v) is 17.0. The summed E-state index contributed by atoms with van der Waals surface area (Å²) in [7, 11) is 0. The Bertz CT molecular complexity index is 1070. The van der Waals surface area contributed by atoms with Crippen LogP contribution in [0.1, 0.15) is 48.2 Å². The first-order valence-corrected chi connectivity index (χ1v) is 9.04. The SMILES string of the molecule is CC(C)(C)OC(=O)[C@H](C(=O)c1ccc(/C=C/C(=O)O)cc1)c1c(F)c(F)c(F)c(F)c1F. The Kier molecular flexibility index (Phi) is 7.17. The average molecular weight is 456 g/mol. The first kappa shape index (κ1) is 24.7. The molecular weight excluding hydrogens is 439 g/mol. The monoisotopic (exact) mass is 456 g/mol. The lowest BCUT2D eigenvalue weighted by Crippen LogP contribution is -2.33. The quantitative estimate of drug-likeness (QED) is 0.129. The summed E-state index contributed by atoms with van der Waals surface area (Å²) in [5.74, 6) is -18.2. The molecule has 2 aromatic rings. The normalized spacial score (nSPS) is 12.6. The summed E-state index contributed by atoms with van der Waals surface area (Å²) in [6.45, 7) is 4.15. The number of carbonyl (C=O) groups excluding carboxylic acids is 2. The van der Waals surface area contributed by atoms with E-state index in [4.69, 9.17) is 9.84 Å². The fourth-order valence-corrected chi connectivity index (χ4v) is 2.68. The van der Waals surface area contributed by atoms with Crippen LogP contribution in [-0.2, 0) is 14.3 Å². The van der Waals surface area contributed by atoms with Gasteiger partial charge < -0.3 is 9.84 Å². The lowest BCUT2D eigenvalue weighted by molar-refractivity contribution is -0.155. The summed E-state index contributed by atoms with van der Waals surface area (Å²) < 4.78 is 74.8. The molecule has 0 bridgehead atoms. The second-order valence-corrected chi connectivity index (χ2v) is 7.61. The topological polar surface area (TPSA) is 80.7 Å². The number of benzene rings is 2. The number of ketones is 1. The van der Waals surface area contributed by atoms with Gasteiger partial charge in [-0.15, -0.1) is 0 Å². The standard InChI is InChI=1S/C22H17F5O5/c1-22(2,3)32-21(31)14(13-15(23)17(25)19(27)18(26)16(13)24)20(30)11-7-4-10(5-8-11)6-9-12(28)29/h4-9,14H,1-3H3,(H,28,29)/b9-6+/t14-/m0/s1. The molecule has 2 aromatic carbocycles. The molecule has 0 saturated heterocycles. The minimum atomic E-state index is -2.49. The first-order valence-electron chi connectivity index (χ1n) is 9.04. The highest BCUT2D eigenvalue weighted by Gasteiger charge is 2.41. The molecule has 32 heavy (non-hydrogen) atoms. The maximum atomic E-state index is 14.4. The third-order valence-electron chi connectivity index (χ3n) is 4.05. The number of esters is 1. The molecule has 1 atom stereocenters. The predicted molar refractivity (Wildman–Crippen MR) is 102 cm³/mol. The highest BCUT2D eigenvalue weighted by molar-refractivity contribution is 6.13. The molecule has 2 rings (SSSR count). The minimum Gasteiger partial charge on any atom is -0.478 e. The van der Waals surface area contributed by atoms with E-state index < -0.39 is 63.9 Å². The Balaban J connectivity index is 2.63. The van der Waals surface area contributed by atoms with E-state index >= 15 is 0 Å². The summed E-state index contributed by atoms with van der Waals surface area (Å²) >= 11 is 0. The van der Waals surface area contributed by atoms with E-state index in [0.717, 1.165) is 18.2 Å². The van der Waals surface area contributed by atoms with Gasteiger partial charge in [-0.05, 0) is 32.4 Å². The third-order valence-corrected chi connectivity index (χ3v) is 4.05. The fourth-order valence-electron chi connectivity index (χ4n) is 2.68. The van der Waals surface area contributed by atoms with Gasteiger partial charge in [0.05, 0.1) is 5.56 Å². The smallest absolute Gasteiger partial charge is 0.328 e. The maximum absolute atomic E-state index is 14.4. The van der Waals surface area contributed by atoms with Crippen LogP contribution in [0.4, 0.5) is 22.0 Å². The van der Waals surface area contributed by atoms with Crippen LogP contribution in [0.5, 0.6) is 0 Å². The Morgan fingerprint density at radius 3 is 1.78 bits per heavy atom. The Labute approximate surface area is 179 Å². The number of halogens is 5. The van der Waals surface area contributed by atoms with Crippen molar-refractivity contribution in [2.75, 3.05) is 0 Å². The Morgan fingerprint density at radius 2 is 1.34 bits per heavy atom. The van der Waals surface area contributed by atoms with E-state index in [1.54, 1.807) is 0 Å². The predicted octanol–water partition coefficient (Wildman–Crippen LogP) is 4.79. The number of hydrogen-bond acceptors (Lipinski definition) is 4. The van der Waals surface area contributed by atoms with Gasteiger partial charge in [-0.2, -0.15) is 0 Å². The first-order chi connectivity index (χ1) is 14.7. The molecule has 0 radical (unpaired) electrons. The van der Waals surface area contributed by atoms with Crippen molar-refractivity contribution in [2.45, 2.75) is 32.3 Å². The average Bonchev–Trinajstić information content (AvgIpc) is 2.71. The zero-order chi connectivity index (χ0) is 24.4. The van der Waals surface area contributed by atoms with Crippen molar-refractivity contribution in [3.8, 4) is 0 Å². The summed E-state index contributed by atoms with van der Waals surface area (Å²) in [6, 6.07) is 4.73. The van der Waals surface area contributed by atoms with Crippen LogP contribution in [0.3, 0.4) is 0 Å². The van der Waals surface area contributed by atoms with Crippen molar-refractivity contribution in [3.05, 3.63) is 76.1 Å². The molecule has 0 fully saturated rings. The van der Waals surface area contributed by atoms with Crippen molar-refractivity contribution in [2.24, 2.45) is 0 Å². The van der Waals surface area contributed by atoms with Crippen LogP contribution < -0.4 is 0 Å². The van der Waals surface area contributed by atoms with Crippen molar-refractivity contribution in [3.63, 3.8) is 0 Å². The molecule has 5 nitrogen and oxygen atoms in total. The van der Waals surface area contributed by atoms with Gasteiger partial charge in [-0.1, -0.05) is 24.3 Å². The second kappa shape index (κ2) is 9.29. The summed E-state index contributed by atoms with van der Waals surface area (Å²) in [5, 5.41) is 8.64. The number of rotatable bonds is 6. The molecule has 0 spiro atoms. The van der Waals surface area contributed by atoms with Crippen LogP contribution >= 0.6 is 0 Å². The molecular formula is C22H17F5O5. The van der Waals surface area contributed by atoms with Gasteiger partial charge in [0.15, 0.2) is 35.0 Å². The van der Waals surface area contributed by atoms with Gasteiger partial charge in [0.25, 0.3) is 0 Å². The van der Waals surface area contributed by atoms with Crippen LogP contribution in [-0.4, -0.2) is 28.4 Å². The number of carboxylic acid groups (broad SMARTS) is 1. The maximum Gasteiger partial charge on any atom is 0.328 e. The lowest BCUT2D eigenvalue weighted by Gasteiger charge is -2.24. The van der Waals surface area contributed by atoms with Crippen LogP contribution in [0.25, 0.3) is 6.08 Å². The lowest BCUT2D eigenvalue weighted by atomic mass is 9.89. The number of ether oxygens (including phenoxy) is 1. The largest absolute Gasteiger partial charge is 0.478 e. The molecule has 0 aliphatic carbocycles. The van der Waals surface area contributed by atoms with E-state index in [1.807, 2.05) is 0 Å². The van der Waals surface area contributed by atoms with E-state index in [0.29, 0.717) is 5.56 Å². The summed E-state index contributed by atoms with van der Waals surface area (Å²) in [4.78, 5) is 36.2. The van der Waals surface area contributed by atoms with Gasteiger partial charge in [-0.25, -0.2) is 26.7 Å². The number of hydrogen-bond donors (Lipinski definition) is 1. The van der Waals surface area contributed by atoms with Gasteiger partial charge in [0.2, 0.25) is 5.82 Å². The number of Topliss-reactive ketones (excluding diaryl/α,β-unsaturated/α-hetero) is 1. The molecule has 10 heteroatoms. The summed E-state index contributed by atoms with van der Waals surface area (Å²) in [5.41, 5.74) is -2.85. The van der Waals surface area contributed by atoms with Gasteiger partial charge in [0, 0.05) is 11.6 Å². The van der Waals surface area contributed by atoms with E-state index in [9.17, 15) is 36.3 Å². The molecule has 0 amide bonds. The van der Waals surface area contributed by atoms with E-state index in [-0.39, 0.29) is 5.56 Å².